The van der Waals surface area contributed by atoms with Crippen LogP contribution in [-0.4, -0.2) is 21.0 Å². The van der Waals surface area contributed by atoms with Gasteiger partial charge in [-0.2, -0.15) is 4.98 Å². The molecule has 0 radical (unpaired) electrons. The van der Waals surface area contributed by atoms with Crippen molar-refractivity contribution in [1.82, 2.24) is 15.1 Å². The molecule has 8 nitrogen and oxygen atoms in total. The standard InChI is InChI=1S/C23H20N4O4/c1-15-12-18(7-10-21(15)30-20-4-3-11-24-13-20)26-23(28)17-5-8-19(9-6-17)29-14-22-25-16(2)31-27-22/h3-13H,14H2,1-2H3,(H,26,28). The van der Waals surface area contributed by atoms with E-state index < -0.39 is 0 Å². The van der Waals surface area contributed by atoms with Crippen molar-refractivity contribution in [3.8, 4) is 17.2 Å². The molecule has 2 heterocycles. The van der Waals surface area contributed by atoms with Crippen LogP contribution < -0.4 is 14.8 Å². The Morgan fingerprint density at radius 3 is 2.58 bits per heavy atom. The Hall–Kier alpha value is -4.20. The third-order valence-electron chi connectivity index (χ3n) is 4.35. The summed E-state index contributed by atoms with van der Waals surface area (Å²) in [4.78, 5) is 20.7. The first kappa shape index (κ1) is 20.1. The molecule has 0 saturated heterocycles. The summed E-state index contributed by atoms with van der Waals surface area (Å²) in [6.07, 6.45) is 3.33. The van der Waals surface area contributed by atoms with Crippen LogP contribution in [0.1, 0.15) is 27.6 Å². The molecule has 0 fully saturated rings. The Labute approximate surface area is 178 Å². The van der Waals surface area contributed by atoms with E-state index in [0.717, 1.165) is 5.56 Å². The van der Waals surface area contributed by atoms with Crippen LogP contribution in [0.25, 0.3) is 0 Å². The maximum atomic E-state index is 12.6. The van der Waals surface area contributed by atoms with Gasteiger partial charge >= 0.3 is 0 Å². The van der Waals surface area contributed by atoms with E-state index in [4.69, 9.17) is 14.0 Å². The van der Waals surface area contributed by atoms with Crippen LogP contribution in [0.15, 0.2) is 71.5 Å². The van der Waals surface area contributed by atoms with E-state index in [9.17, 15) is 4.79 Å². The molecule has 4 aromatic rings. The van der Waals surface area contributed by atoms with Gasteiger partial charge in [-0.15, -0.1) is 0 Å². The predicted molar refractivity (Wildman–Crippen MR) is 113 cm³/mol. The van der Waals surface area contributed by atoms with Crippen molar-refractivity contribution < 1.29 is 18.8 Å². The molecular weight excluding hydrogens is 396 g/mol. The van der Waals surface area contributed by atoms with Crippen LogP contribution in [0.4, 0.5) is 5.69 Å². The molecule has 0 bridgehead atoms. The smallest absolute Gasteiger partial charge is 0.255 e. The number of carbonyl (C=O) groups is 1. The van der Waals surface area contributed by atoms with Crippen LogP contribution >= 0.6 is 0 Å². The maximum Gasteiger partial charge on any atom is 0.255 e. The van der Waals surface area contributed by atoms with Gasteiger partial charge in [-0.1, -0.05) is 5.16 Å². The van der Waals surface area contributed by atoms with E-state index in [1.54, 1.807) is 49.6 Å². The molecule has 0 saturated carbocycles. The summed E-state index contributed by atoms with van der Waals surface area (Å²) in [5.74, 6) is 2.68. The second-order valence-corrected chi connectivity index (χ2v) is 6.77. The number of ether oxygens (including phenoxy) is 2. The molecule has 1 amide bonds. The molecule has 156 valence electrons. The zero-order chi connectivity index (χ0) is 21.6. The number of hydrogen-bond donors (Lipinski definition) is 1. The minimum Gasteiger partial charge on any atom is -0.485 e. The average molecular weight is 416 g/mol. The number of carbonyl (C=O) groups excluding carboxylic acids is 1. The summed E-state index contributed by atoms with van der Waals surface area (Å²) in [6.45, 7) is 3.82. The summed E-state index contributed by atoms with van der Waals surface area (Å²) in [6, 6.07) is 15.9. The number of benzene rings is 2. The van der Waals surface area contributed by atoms with E-state index >= 15 is 0 Å². The first-order valence-corrected chi connectivity index (χ1v) is 9.59. The molecule has 0 atom stereocenters. The Morgan fingerprint density at radius 1 is 1.06 bits per heavy atom. The quantitative estimate of drug-likeness (QED) is 0.466. The van der Waals surface area contributed by atoms with Crippen molar-refractivity contribution in [2.45, 2.75) is 20.5 Å². The Bertz CT molecular complexity index is 1170. The fraction of sp³-hybridized carbons (Fsp3) is 0.130. The minimum atomic E-state index is -0.222. The number of aryl methyl sites for hydroxylation is 2. The molecule has 4 rings (SSSR count). The number of nitrogens with zero attached hydrogens (tertiary/aromatic N) is 3. The zero-order valence-electron chi connectivity index (χ0n) is 17.0. The molecule has 0 aliphatic heterocycles. The fourth-order valence-corrected chi connectivity index (χ4v) is 2.83. The van der Waals surface area contributed by atoms with Gasteiger partial charge in [0.05, 0.1) is 6.20 Å². The van der Waals surface area contributed by atoms with E-state index in [0.29, 0.717) is 40.2 Å². The van der Waals surface area contributed by atoms with Gasteiger partial charge in [-0.3, -0.25) is 9.78 Å². The lowest BCUT2D eigenvalue weighted by Crippen LogP contribution is -2.12. The monoisotopic (exact) mass is 416 g/mol. The first-order chi connectivity index (χ1) is 15.1. The second kappa shape index (κ2) is 9.08. The summed E-state index contributed by atoms with van der Waals surface area (Å²) >= 11 is 0. The summed E-state index contributed by atoms with van der Waals surface area (Å²) in [5, 5.41) is 6.66. The van der Waals surface area contributed by atoms with Gasteiger partial charge < -0.3 is 19.3 Å². The fourth-order valence-electron chi connectivity index (χ4n) is 2.83. The summed E-state index contributed by atoms with van der Waals surface area (Å²) in [7, 11) is 0. The molecule has 31 heavy (non-hydrogen) atoms. The van der Waals surface area contributed by atoms with Crippen molar-refractivity contribution in [3.05, 3.63) is 89.8 Å². The van der Waals surface area contributed by atoms with Crippen molar-refractivity contribution in [1.29, 1.82) is 0 Å². The van der Waals surface area contributed by atoms with Gasteiger partial charge in [0.25, 0.3) is 5.91 Å². The first-order valence-electron chi connectivity index (χ1n) is 9.59. The topological polar surface area (TPSA) is 99.4 Å². The van der Waals surface area contributed by atoms with Crippen LogP contribution in [-0.2, 0) is 6.61 Å². The summed E-state index contributed by atoms with van der Waals surface area (Å²) < 4.78 is 16.3. The molecular formula is C23H20N4O4. The highest BCUT2D eigenvalue weighted by atomic mass is 16.5. The van der Waals surface area contributed by atoms with Crippen LogP contribution in [0.5, 0.6) is 17.2 Å². The number of hydrogen-bond acceptors (Lipinski definition) is 7. The number of aromatic nitrogens is 3. The van der Waals surface area contributed by atoms with Crippen LogP contribution in [0, 0.1) is 13.8 Å². The van der Waals surface area contributed by atoms with Gasteiger partial charge in [-0.25, -0.2) is 0 Å². The summed E-state index contributed by atoms with van der Waals surface area (Å²) in [5.41, 5.74) is 2.08. The molecule has 8 heteroatoms. The van der Waals surface area contributed by atoms with Gasteiger partial charge in [0.1, 0.15) is 17.2 Å². The predicted octanol–water partition coefficient (Wildman–Crippen LogP) is 4.71. The molecule has 0 unspecified atom stereocenters. The highest BCUT2D eigenvalue weighted by Crippen LogP contribution is 2.27. The maximum absolute atomic E-state index is 12.6. The molecule has 2 aromatic heterocycles. The van der Waals surface area contributed by atoms with Crippen molar-refractivity contribution in [2.24, 2.45) is 0 Å². The van der Waals surface area contributed by atoms with E-state index in [2.05, 4.69) is 20.4 Å². The largest absolute Gasteiger partial charge is 0.485 e. The molecule has 0 spiro atoms. The van der Waals surface area contributed by atoms with Crippen molar-refractivity contribution in [3.63, 3.8) is 0 Å². The molecule has 0 aliphatic carbocycles. The Balaban J connectivity index is 1.35. The average Bonchev–Trinajstić information content (AvgIpc) is 3.20. The third-order valence-corrected chi connectivity index (χ3v) is 4.35. The van der Waals surface area contributed by atoms with E-state index in [-0.39, 0.29) is 12.5 Å². The van der Waals surface area contributed by atoms with Gasteiger partial charge in [0, 0.05) is 24.4 Å². The van der Waals surface area contributed by atoms with Gasteiger partial charge in [0.15, 0.2) is 6.61 Å². The van der Waals surface area contributed by atoms with Gasteiger partial charge in [-0.05, 0) is 67.1 Å². The highest BCUT2D eigenvalue weighted by molar-refractivity contribution is 6.04. The number of pyridine rings is 1. The number of anilines is 1. The minimum absolute atomic E-state index is 0.190. The SMILES string of the molecule is Cc1nc(COc2ccc(C(=O)Nc3ccc(Oc4cccnc4)c(C)c3)cc2)no1. The van der Waals surface area contributed by atoms with Crippen LogP contribution in [0.3, 0.4) is 0 Å². The molecule has 2 aromatic carbocycles. The lowest BCUT2D eigenvalue weighted by Gasteiger charge is -2.11. The molecule has 1 N–H and O–H groups in total. The lowest BCUT2D eigenvalue weighted by atomic mass is 10.1. The highest BCUT2D eigenvalue weighted by Gasteiger charge is 2.09. The van der Waals surface area contributed by atoms with Crippen molar-refractivity contribution in [2.75, 3.05) is 5.32 Å². The number of nitrogens with one attached hydrogen (secondary N) is 1. The van der Waals surface area contributed by atoms with Crippen molar-refractivity contribution >= 4 is 11.6 Å². The normalized spacial score (nSPS) is 10.5. The third kappa shape index (κ3) is 5.24. The Kier molecular flexibility index (Phi) is 5.89. The number of amides is 1. The van der Waals surface area contributed by atoms with Crippen LogP contribution in [0.2, 0.25) is 0 Å². The second-order valence-electron chi connectivity index (χ2n) is 6.77. The van der Waals surface area contributed by atoms with E-state index in [1.807, 2.05) is 31.2 Å². The number of rotatable bonds is 7. The lowest BCUT2D eigenvalue weighted by molar-refractivity contribution is 0.102. The van der Waals surface area contributed by atoms with E-state index in [1.165, 1.54) is 0 Å². The molecule has 0 aliphatic rings. The van der Waals surface area contributed by atoms with Gasteiger partial charge in [0.2, 0.25) is 11.7 Å². The Morgan fingerprint density at radius 2 is 1.90 bits per heavy atom. The zero-order valence-corrected chi connectivity index (χ0v) is 17.0.